The normalized spacial score (nSPS) is 21.4. The molecule has 148 valence electrons. The van der Waals surface area contributed by atoms with Crippen molar-refractivity contribution in [1.29, 1.82) is 0 Å². The van der Waals surface area contributed by atoms with Crippen LogP contribution in [0.3, 0.4) is 0 Å². The van der Waals surface area contributed by atoms with E-state index >= 15 is 0 Å². The summed E-state index contributed by atoms with van der Waals surface area (Å²) in [5.74, 6) is 1.43. The molecule has 6 heteroatoms. The molecule has 1 N–H and O–H groups in total. The minimum Gasteiger partial charge on any atom is -0.488 e. The Morgan fingerprint density at radius 2 is 2.00 bits per heavy atom. The summed E-state index contributed by atoms with van der Waals surface area (Å²) in [6.07, 6.45) is 2.51. The van der Waals surface area contributed by atoms with Crippen LogP contribution in [0.15, 0.2) is 24.3 Å². The zero-order chi connectivity index (χ0) is 19.4. The van der Waals surface area contributed by atoms with Crippen LogP contribution in [0.5, 0.6) is 5.75 Å². The van der Waals surface area contributed by atoms with E-state index in [9.17, 15) is 5.11 Å². The molecule has 1 aromatic heterocycles. The number of thiazole rings is 1. The molecule has 0 amide bonds. The highest BCUT2D eigenvalue weighted by Gasteiger charge is 2.35. The fourth-order valence-corrected chi connectivity index (χ4v) is 4.78. The van der Waals surface area contributed by atoms with Crippen molar-refractivity contribution in [3.05, 3.63) is 44.9 Å². The number of benzene rings is 1. The number of rotatable bonds is 6. The Bertz CT molecular complexity index is 747. The van der Waals surface area contributed by atoms with Crippen LogP contribution in [0.4, 0.5) is 0 Å². The molecule has 1 aliphatic rings. The van der Waals surface area contributed by atoms with Gasteiger partial charge in [-0.1, -0.05) is 25.4 Å². The maximum absolute atomic E-state index is 11.3. The standard InChI is InChI=1S/C21H29ClN2O2S/c1-15(2)13-24-11-4-9-21(25,10-12-24)20-23-16(3)19(27-20)14-26-18-7-5-17(22)6-8-18/h5-8,15,25H,4,9-14H2,1-3H3/t21-/m0/s1. The van der Waals surface area contributed by atoms with E-state index in [0.717, 1.165) is 60.2 Å². The molecule has 0 bridgehead atoms. The van der Waals surface area contributed by atoms with Gasteiger partial charge in [0.1, 0.15) is 23.0 Å². The van der Waals surface area contributed by atoms with E-state index in [-0.39, 0.29) is 0 Å². The third kappa shape index (κ3) is 5.44. The molecule has 4 nitrogen and oxygen atoms in total. The summed E-state index contributed by atoms with van der Waals surface area (Å²) in [5, 5.41) is 12.8. The third-order valence-corrected chi connectivity index (χ3v) is 6.58. The summed E-state index contributed by atoms with van der Waals surface area (Å²) in [6, 6.07) is 7.36. The van der Waals surface area contributed by atoms with Crippen molar-refractivity contribution in [3.63, 3.8) is 0 Å². The summed E-state index contributed by atoms with van der Waals surface area (Å²) in [6.45, 7) is 10.0. The van der Waals surface area contributed by atoms with Gasteiger partial charge < -0.3 is 14.7 Å². The highest BCUT2D eigenvalue weighted by Crippen LogP contribution is 2.37. The Labute approximate surface area is 171 Å². The predicted molar refractivity (Wildman–Crippen MR) is 112 cm³/mol. The van der Waals surface area contributed by atoms with Gasteiger partial charge in [0.2, 0.25) is 0 Å². The van der Waals surface area contributed by atoms with Crippen LogP contribution in [-0.4, -0.2) is 34.6 Å². The summed E-state index contributed by atoms with van der Waals surface area (Å²) in [4.78, 5) is 8.24. The molecule has 1 aromatic carbocycles. The van der Waals surface area contributed by atoms with Crippen molar-refractivity contribution in [2.24, 2.45) is 5.92 Å². The molecule has 1 atom stereocenters. The average molecular weight is 409 g/mol. The van der Waals surface area contributed by atoms with Crippen LogP contribution in [0.25, 0.3) is 0 Å². The van der Waals surface area contributed by atoms with Crippen molar-refractivity contribution in [1.82, 2.24) is 9.88 Å². The lowest BCUT2D eigenvalue weighted by molar-refractivity contribution is 0.0206. The van der Waals surface area contributed by atoms with Gasteiger partial charge in [0.05, 0.1) is 10.6 Å². The first-order valence-electron chi connectivity index (χ1n) is 9.65. The maximum atomic E-state index is 11.3. The predicted octanol–water partition coefficient (Wildman–Crippen LogP) is 5.01. The zero-order valence-corrected chi connectivity index (χ0v) is 17.9. The molecule has 0 aliphatic carbocycles. The number of nitrogens with zero attached hydrogens (tertiary/aromatic N) is 2. The van der Waals surface area contributed by atoms with Crippen molar-refractivity contribution >= 4 is 22.9 Å². The molecule has 3 rings (SSSR count). The smallest absolute Gasteiger partial charge is 0.125 e. The molecule has 0 radical (unpaired) electrons. The van der Waals surface area contributed by atoms with E-state index in [1.807, 2.05) is 31.2 Å². The SMILES string of the molecule is Cc1nc([C@]2(O)CCCN(CC(C)C)CC2)sc1COc1ccc(Cl)cc1. The van der Waals surface area contributed by atoms with Crippen LogP contribution in [0.2, 0.25) is 5.02 Å². The molecular weight excluding hydrogens is 380 g/mol. The number of aromatic nitrogens is 1. The van der Waals surface area contributed by atoms with Crippen LogP contribution in [0.1, 0.15) is 48.7 Å². The summed E-state index contributed by atoms with van der Waals surface area (Å²) >= 11 is 7.50. The Morgan fingerprint density at radius 1 is 1.26 bits per heavy atom. The number of halogens is 1. The van der Waals surface area contributed by atoms with Gasteiger partial charge >= 0.3 is 0 Å². The summed E-state index contributed by atoms with van der Waals surface area (Å²) < 4.78 is 5.87. The monoisotopic (exact) mass is 408 g/mol. The lowest BCUT2D eigenvalue weighted by Crippen LogP contribution is -2.31. The minimum absolute atomic E-state index is 0.459. The molecule has 1 aliphatic heterocycles. The van der Waals surface area contributed by atoms with E-state index in [1.165, 1.54) is 0 Å². The first-order valence-corrected chi connectivity index (χ1v) is 10.8. The van der Waals surface area contributed by atoms with Crippen LogP contribution in [-0.2, 0) is 12.2 Å². The fourth-order valence-electron chi connectivity index (χ4n) is 3.53. The Hall–Kier alpha value is -1.14. The van der Waals surface area contributed by atoms with Gasteiger partial charge in [0.15, 0.2) is 0 Å². The lowest BCUT2D eigenvalue weighted by Gasteiger charge is -2.25. The highest BCUT2D eigenvalue weighted by atomic mass is 35.5. The lowest BCUT2D eigenvalue weighted by atomic mass is 9.96. The van der Waals surface area contributed by atoms with Gasteiger partial charge in [-0.25, -0.2) is 4.98 Å². The Morgan fingerprint density at radius 3 is 2.70 bits per heavy atom. The first-order chi connectivity index (χ1) is 12.9. The van der Waals surface area contributed by atoms with Crippen molar-refractivity contribution in [2.75, 3.05) is 19.6 Å². The topological polar surface area (TPSA) is 45.6 Å². The van der Waals surface area contributed by atoms with Gasteiger partial charge in [0, 0.05) is 18.1 Å². The molecule has 0 spiro atoms. The molecule has 2 heterocycles. The fraction of sp³-hybridized carbons (Fsp3) is 0.571. The quantitative estimate of drug-likeness (QED) is 0.729. The number of likely N-dealkylation sites (tertiary alicyclic amines) is 1. The number of aliphatic hydroxyl groups is 1. The second-order valence-electron chi connectivity index (χ2n) is 7.85. The zero-order valence-electron chi connectivity index (χ0n) is 16.4. The number of hydrogen-bond donors (Lipinski definition) is 1. The molecule has 1 saturated heterocycles. The first kappa shape index (κ1) is 20.6. The molecule has 2 aromatic rings. The summed E-state index contributed by atoms with van der Waals surface area (Å²) in [7, 11) is 0. The number of ether oxygens (including phenoxy) is 1. The van der Waals surface area contributed by atoms with Crippen molar-refractivity contribution in [3.8, 4) is 5.75 Å². The number of aryl methyl sites for hydroxylation is 1. The molecular formula is C21H29ClN2O2S. The van der Waals surface area contributed by atoms with Gasteiger partial charge in [-0.05, 0) is 62.9 Å². The van der Waals surface area contributed by atoms with Crippen LogP contribution < -0.4 is 4.74 Å². The Kier molecular flexibility index (Phi) is 6.79. The van der Waals surface area contributed by atoms with E-state index in [0.29, 0.717) is 17.5 Å². The second kappa shape index (κ2) is 8.91. The van der Waals surface area contributed by atoms with Crippen LogP contribution >= 0.6 is 22.9 Å². The van der Waals surface area contributed by atoms with E-state index in [1.54, 1.807) is 11.3 Å². The second-order valence-corrected chi connectivity index (χ2v) is 9.37. The molecule has 0 saturated carbocycles. The molecule has 27 heavy (non-hydrogen) atoms. The Balaban J connectivity index is 1.66. The van der Waals surface area contributed by atoms with Gasteiger partial charge in [0.25, 0.3) is 0 Å². The third-order valence-electron chi connectivity index (χ3n) is 5.00. The van der Waals surface area contributed by atoms with E-state index in [2.05, 4.69) is 18.7 Å². The molecule has 1 fully saturated rings. The molecule has 0 unspecified atom stereocenters. The van der Waals surface area contributed by atoms with Crippen molar-refractivity contribution in [2.45, 2.75) is 52.2 Å². The van der Waals surface area contributed by atoms with E-state index < -0.39 is 5.60 Å². The van der Waals surface area contributed by atoms with Gasteiger partial charge in [-0.2, -0.15) is 0 Å². The van der Waals surface area contributed by atoms with Crippen molar-refractivity contribution < 1.29 is 9.84 Å². The van der Waals surface area contributed by atoms with Crippen LogP contribution in [0, 0.1) is 12.8 Å². The largest absolute Gasteiger partial charge is 0.488 e. The van der Waals surface area contributed by atoms with Gasteiger partial charge in [-0.15, -0.1) is 11.3 Å². The number of hydrogen-bond acceptors (Lipinski definition) is 5. The minimum atomic E-state index is -0.820. The summed E-state index contributed by atoms with van der Waals surface area (Å²) in [5.41, 5.74) is 0.125. The van der Waals surface area contributed by atoms with E-state index in [4.69, 9.17) is 21.3 Å². The maximum Gasteiger partial charge on any atom is 0.125 e. The van der Waals surface area contributed by atoms with Gasteiger partial charge in [-0.3, -0.25) is 0 Å². The average Bonchev–Trinajstić information content (AvgIpc) is 2.90. The highest BCUT2D eigenvalue weighted by molar-refractivity contribution is 7.11.